The maximum Gasteiger partial charge on any atom is 0.118 e. The van der Waals surface area contributed by atoms with Gasteiger partial charge in [-0.05, 0) is 29.8 Å². The molecule has 21 heavy (non-hydrogen) atoms. The number of methoxy groups -OCH3 is 1. The highest BCUT2D eigenvalue weighted by molar-refractivity contribution is 5.43. The maximum absolute atomic E-state index is 5.15. The molecule has 1 heterocycles. The van der Waals surface area contributed by atoms with E-state index in [0.717, 1.165) is 23.7 Å². The normalized spacial score (nSPS) is 10.3. The minimum atomic E-state index is 0.754. The number of para-hydroxylation sites is 1. The molecule has 1 N–H and O–H groups in total. The van der Waals surface area contributed by atoms with Crippen LogP contribution in [0.15, 0.2) is 67.0 Å². The van der Waals surface area contributed by atoms with Crippen molar-refractivity contribution in [2.45, 2.75) is 6.54 Å². The van der Waals surface area contributed by atoms with Gasteiger partial charge in [0, 0.05) is 6.54 Å². The van der Waals surface area contributed by atoms with Gasteiger partial charge in [0.25, 0.3) is 0 Å². The van der Waals surface area contributed by atoms with E-state index in [1.165, 1.54) is 5.56 Å². The molecular weight excluding hydrogens is 262 g/mol. The van der Waals surface area contributed by atoms with Crippen LogP contribution in [0.2, 0.25) is 0 Å². The van der Waals surface area contributed by atoms with Crippen LogP contribution < -0.4 is 10.1 Å². The summed E-state index contributed by atoms with van der Waals surface area (Å²) in [5.74, 6) is 0.871. The minimum absolute atomic E-state index is 0.754. The number of nitrogens with zero attached hydrogens (tertiary/aromatic N) is 2. The second-order valence-electron chi connectivity index (χ2n) is 4.71. The highest BCUT2D eigenvalue weighted by Gasteiger charge is 2.00. The zero-order valence-electron chi connectivity index (χ0n) is 11.9. The van der Waals surface area contributed by atoms with Crippen LogP contribution in [0.5, 0.6) is 5.75 Å². The Morgan fingerprint density at radius 2 is 1.81 bits per heavy atom. The van der Waals surface area contributed by atoms with Crippen LogP contribution in [0.4, 0.5) is 5.69 Å². The summed E-state index contributed by atoms with van der Waals surface area (Å²) in [4.78, 5) is 0. The zero-order chi connectivity index (χ0) is 14.5. The Hall–Kier alpha value is -2.75. The van der Waals surface area contributed by atoms with Gasteiger partial charge in [0.2, 0.25) is 0 Å². The molecule has 0 aliphatic rings. The summed E-state index contributed by atoms with van der Waals surface area (Å²) in [5, 5.41) is 7.72. The Labute approximate surface area is 124 Å². The standard InChI is InChI=1S/C17H17N3O/c1-21-17-9-7-14(8-10-17)11-18-15-12-19-20(13-15)16-5-3-2-4-6-16/h2-10,12-13,18H,11H2,1H3. The van der Waals surface area contributed by atoms with Gasteiger partial charge in [0.15, 0.2) is 0 Å². The third kappa shape index (κ3) is 3.23. The van der Waals surface area contributed by atoms with E-state index < -0.39 is 0 Å². The van der Waals surface area contributed by atoms with E-state index >= 15 is 0 Å². The molecule has 0 atom stereocenters. The smallest absolute Gasteiger partial charge is 0.118 e. The van der Waals surface area contributed by atoms with Gasteiger partial charge in [0.05, 0.1) is 30.9 Å². The van der Waals surface area contributed by atoms with Crippen LogP contribution in [0.3, 0.4) is 0 Å². The summed E-state index contributed by atoms with van der Waals surface area (Å²) in [6.07, 6.45) is 3.81. The van der Waals surface area contributed by atoms with Gasteiger partial charge in [0.1, 0.15) is 5.75 Å². The Morgan fingerprint density at radius 3 is 2.52 bits per heavy atom. The fourth-order valence-electron chi connectivity index (χ4n) is 2.08. The maximum atomic E-state index is 5.15. The highest BCUT2D eigenvalue weighted by atomic mass is 16.5. The highest BCUT2D eigenvalue weighted by Crippen LogP contribution is 2.14. The number of anilines is 1. The molecule has 0 spiro atoms. The monoisotopic (exact) mass is 279 g/mol. The average Bonchev–Trinajstić information content (AvgIpc) is 3.03. The van der Waals surface area contributed by atoms with Gasteiger partial charge in [-0.2, -0.15) is 5.10 Å². The molecule has 0 saturated heterocycles. The Morgan fingerprint density at radius 1 is 1.05 bits per heavy atom. The summed E-state index contributed by atoms with van der Waals surface area (Å²) < 4.78 is 7.01. The zero-order valence-corrected chi connectivity index (χ0v) is 11.9. The first kappa shape index (κ1) is 13.2. The third-order valence-electron chi connectivity index (χ3n) is 3.26. The van der Waals surface area contributed by atoms with Gasteiger partial charge < -0.3 is 10.1 Å². The van der Waals surface area contributed by atoms with E-state index in [-0.39, 0.29) is 0 Å². The van der Waals surface area contributed by atoms with Crippen molar-refractivity contribution in [3.8, 4) is 11.4 Å². The van der Waals surface area contributed by atoms with Crippen molar-refractivity contribution < 1.29 is 4.74 Å². The van der Waals surface area contributed by atoms with E-state index in [1.54, 1.807) is 7.11 Å². The molecule has 0 saturated carbocycles. The number of hydrogen-bond donors (Lipinski definition) is 1. The second-order valence-corrected chi connectivity index (χ2v) is 4.71. The minimum Gasteiger partial charge on any atom is -0.497 e. The van der Waals surface area contributed by atoms with E-state index in [0.29, 0.717) is 0 Å². The topological polar surface area (TPSA) is 39.1 Å². The molecule has 0 fully saturated rings. The Balaban J connectivity index is 1.64. The average molecular weight is 279 g/mol. The van der Waals surface area contributed by atoms with E-state index in [2.05, 4.69) is 10.4 Å². The number of nitrogens with one attached hydrogen (secondary N) is 1. The number of aromatic nitrogens is 2. The molecule has 2 aromatic carbocycles. The van der Waals surface area contributed by atoms with Crippen molar-refractivity contribution >= 4 is 5.69 Å². The molecule has 0 radical (unpaired) electrons. The van der Waals surface area contributed by atoms with Gasteiger partial charge >= 0.3 is 0 Å². The fraction of sp³-hybridized carbons (Fsp3) is 0.118. The molecule has 0 unspecified atom stereocenters. The van der Waals surface area contributed by atoms with Gasteiger partial charge in [-0.15, -0.1) is 0 Å². The predicted molar refractivity (Wildman–Crippen MR) is 83.9 cm³/mol. The number of rotatable bonds is 5. The molecule has 106 valence electrons. The summed E-state index contributed by atoms with van der Waals surface area (Å²) >= 11 is 0. The lowest BCUT2D eigenvalue weighted by molar-refractivity contribution is 0.414. The Bertz CT molecular complexity index is 690. The van der Waals surface area contributed by atoms with Gasteiger partial charge in [-0.25, -0.2) is 4.68 Å². The SMILES string of the molecule is COc1ccc(CNc2cnn(-c3ccccc3)c2)cc1. The van der Waals surface area contributed by atoms with Crippen LogP contribution in [0.1, 0.15) is 5.56 Å². The summed E-state index contributed by atoms with van der Waals surface area (Å²) in [7, 11) is 1.67. The third-order valence-corrected chi connectivity index (χ3v) is 3.26. The molecule has 0 amide bonds. The Kier molecular flexibility index (Phi) is 3.87. The van der Waals surface area contributed by atoms with Gasteiger partial charge in [-0.3, -0.25) is 0 Å². The van der Waals surface area contributed by atoms with Crippen LogP contribution in [-0.2, 0) is 6.54 Å². The molecule has 4 nitrogen and oxygen atoms in total. The lowest BCUT2D eigenvalue weighted by Gasteiger charge is -2.05. The van der Waals surface area contributed by atoms with Crippen molar-refractivity contribution in [3.05, 3.63) is 72.6 Å². The van der Waals surface area contributed by atoms with E-state index in [9.17, 15) is 0 Å². The first-order chi connectivity index (χ1) is 10.3. The van der Waals surface area contributed by atoms with Crippen molar-refractivity contribution in [3.63, 3.8) is 0 Å². The molecule has 0 aliphatic heterocycles. The predicted octanol–water partition coefficient (Wildman–Crippen LogP) is 3.49. The molecule has 0 aliphatic carbocycles. The van der Waals surface area contributed by atoms with E-state index in [4.69, 9.17) is 4.74 Å². The van der Waals surface area contributed by atoms with Crippen LogP contribution in [-0.4, -0.2) is 16.9 Å². The lowest BCUT2D eigenvalue weighted by Crippen LogP contribution is -1.98. The second kappa shape index (κ2) is 6.13. The molecule has 0 bridgehead atoms. The van der Waals surface area contributed by atoms with Crippen LogP contribution >= 0.6 is 0 Å². The van der Waals surface area contributed by atoms with Crippen LogP contribution in [0, 0.1) is 0 Å². The van der Waals surface area contributed by atoms with Crippen molar-refractivity contribution in [2.75, 3.05) is 12.4 Å². The van der Waals surface area contributed by atoms with Gasteiger partial charge in [-0.1, -0.05) is 30.3 Å². The number of hydrogen-bond acceptors (Lipinski definition) is 3. The fourth-order valence-corrected chi connectivity index (χ4v) is 2.08. The molecule has 4 heteroatoms. The summed E-state index contributed by atoms with van der Waals surface area (Å²) in [6.45, 7) is 0.754. The van der Waals surface area contributed by atoms with E-state index in [1.807, 2.05) is 71.7 Å². The van der Waals surface area contributed by atoms with Crippen molar-refractivity contribution in [2.24, 2.45) is 0 Å². The van der Waals surface area contributed by atoms with Crippen LogP contribution in [0.25, 0.3) is 5.69 Å². The lowest BCUT2D eigenvalue weighted by atomic mass is 10.2. The quantitative estimate of drug-likeness (QED) is 0.777. The molecule has 1 aromatic heterocycles. The van der Waals surface area contributed by atoms with Crippen molar-refractivity contribution in [1.82, 2.24) is 9.78 Å². The summed E-state index contributed by atoms with van der Waals surface area (Å²) in [5.41, 5.74) is 3.24. The first-order valence-electron chi connectivity index (χ1n) is 6.82. The molecule has 3 aromatic rings. The first-order valence-corrected chi connectivity index (χ1v) is 6.82. The number of benzene rings is 2. The number of ether oxygens (including phenoxy) is 1. The molecular formula is C17H17N3O. The summed E-state index contributed by atoms with van der Waals surface area (Å²) in [6, 6.07) is 18.1. The van der Waals surface area contributed by atoms with Crippen molar-refractivity contribution in [1.29, 1.82) is 0 Å². The molecule has 3 rings (SSSR count). The largest absolute Gasteiger partial charge is 0.497 e.